The zero-order valence-corrected chi connectivity index (χ0v) is 13.5. The lowest BCUT2D eigenvalue weighted by Gasteiger charge is -2.24. The van der Waals surface area contributed by atoms with Crippen LogP contribution < -0.4 is 4.74 Å². The van der Waals surface area contributed by atoms with Gasteiger partial charge in [0.1, 0.15) is 5.75 Å². The first-order valence-electron chi connectivity index (χ1n) is 7.42. The van der Waals surface area contributed by atoms with Crippen LogP contribution in [0.3, 0.4) is 0 Å². The fraction of sp³-hybridized carbons (Fsp3) is 0.647. The van der Waals surface area contributed by atoms with E-state index in [1.54, 1.807) is 6.07 Å². The molecule has 1 aromatic rings. The Hall–Kier alpha value is -1.19. The molecule has 1 aromatic carbocycles. The van der Waals surface area contributed by atoms with Gasteiger partial charge in [0.15, 0.2) is 0 Å². The number of aryl methyl sites for hydroxylation is 1. The van der Waals surface area contributed by atoms with E-state index >= 15 is 0 Å². The Bertz CT molecular complexity index is 458. The van der Waals surface area contributed by atoms with Crippen molar-refractivity contribution in [1.29, 1.82) is 0 Å². The molecule has 1 unspecified atom stereocenters. The molecule has 0 bridgehead atoms. The van der Waals surface area contributed by atoms with Crippen LogP contribution in [0.15, 0.2) is 18.2 Å². The van der Waals surface area contributed by atoms with Gasteiger partial charge in [0.2, 0.25) is 0 Å². The molecule has 0 radical (unpaired) electrons. The molecule has 0 saturated carbocycles. The van der Waals surface area contributed by atoms with Gasteiger partial charge in [-0.05, 0) is 47.4 Å². The molecule has 0 aliphatic heterocycles. The number of halogens is 3. The van der Waals surface area contributed by atoms with Crippen LogP contribution in [0.25, 0.3) is 0 Å². The van der Waals surface area contributed by atoms with Crippen molar-refractivity contribution in [3.63, 3.8) is 0 Å². The molecule has 0 heterocycles. The minimum atomic E-state index is -4.64. The van der Waals surface area contributed by atoms with E-state index in [-0.39, 0.29) is 11.2 Å². The SMILES string of the molecule is CCC(C)CCc1cc(OC(F)(F)F)ccc1C(C)(C)C. The Labute approximate surface area is 125 Å². The molecule has 21 heavy (non-hydrogen) atoms. The van der Waals surface area contributed by atoms with Crippen molar-refractivity contribution < 1.29 is 17.9 Å². The highest BCUT2D eigenvalue weighted by Crippen LogP contribution is 2.32. The summed E-state index contributed by atoms with van der Waals surface area (Å²) >= 11 is 0. The van der Waals surface area contributed by atoms with Crippen LogP contribution in [-0.2, 0) is 11.8 Å². The second kappa shape index (κ2) is 6.71. The lowest BCUT2D eigenvalue weighted by molar-refractivity contribution is -0.274. The fourth-order valence-electron chi connectivity index (χ4n) is 2.31. The Morgan fingerprint density at radius 3 is 2.24 bits per heavy atom. The topological polar surface area (TPSA) is 9.23 Å². The van der Waals surface area contributed by atoms with E-state index in [2.05, 4.69) is 39.4 Å². The molecular weight excluding hydrogens is 277 g/mol. The molecule has 0 fully saturated rings. The Morgan fingerprint density at radius 2 is 1.76 bits per heavy atom. The van der Waals surface area contributed by atoms with E-state index in [1.165, 1.54) is 12.1 Å². The highest BCUT2D eigenvalue weighted by Gasteiger charge is 2.31. The van der Waals surface area contributed by atoms with E-state index in [4.69, 9.17) is 0 Å². The van der Waals surface area contributed by atoms with Gasteiger partial charge in [-0.1, -0.05) is 47.1 Å². The standard InChI is InChI=1S/C17H25F3O/c1-6-12(2)7-8-13-11-14(21-17(18,19)20)9-10-15(13)16(3,4)5/h9-12H,6-8H2,1-5H3. The third-order valence-corrected chi connectivity index (χ3v) is 3.72. The van der Waals surface area contributed by atoms with E-state index in [1.807, 2.05) is 0 Å². The van der Waals surface area contributed by atoms with Gasteiger partial charge in [-0.2, -0.15) is 0 Å². The summed E-state index contributed by atoms with van der Waals surface area (Å²) in [7, 11) is 0. The van der Waals surface area contributed by atoms with Crippen molar-refractivity contribution in [3.05, 3.63) is 29.3 Å². The first-order chi connectivity index (χ1) is 9.53. The average Bonchev–Trinajstić information content (AvgIpc) is 2.32. The molecule has 120 valence electrons. The van der Waals surface area contributed by atoms with E-state index in [0.29, 0.717) is 5.92 Å². The second-order valence-corrected chi connectivity index (χ2v) is 6.67. The minimum absolute atomic E-state index is 0.0957. The molecule has 0 amide bonds. The van der Waals surface area contributed by atoms with Crippen molar-refractivity contribution in [2.24, 2.45) is 5.92 Å². The van der Waals surface area contributed by atoms with E-state index in [0.717, 1.165) is 30.4 Å². The van der Waals surface area contributed by atoms with Gasteiger partial charge < -0.3 is 4.74 Å². The third kappa shape index (κ3) is 5.98. The molecule has 0 spiro atoms. The van der Waals surface area contributed by atoms with Crippen LogP contribution in [0.5, 0.6) is 5.75 Å². The number of alkyl halides is 3. The van der Waals surface area contributed by atoms with Crippen molar-refractivity contribution in [2.45, 2.75) is 65.7 Å². The quantitative estimate of drug-likeness (QED) is 0.661. The molecule has 0 saturated heterocycles. The Balaban J connectivity index is 3.05. The predicted molar refractivity (Wildman–Crippen MR) is 79.6 cm³/mol. The predicted octanol–water partition coefficient (Wildman–Crippen LogP) is 5.86. The van der Waals surface area contributed by atoms with Gasteiger partial charge in [0.25, 0.3) is 0 Å². The van der Waals surface area contributed by atoms with Crippen molar-refractivity contribution in [2.75, 3.05) is 0 Å². The second-order valence-electron chi connectivity index (χ2n) is 6.67. The molecule has 1 rings (SSSR count). The summed E-state index contributed by atoms with van der Waals surface area (Å²) in [6.07, 6.45) is -1.83. The highest BCUT2D eigenvalue weighted by molar-refractivity contribution is 5.39. The largest absolute Gasteiger partial charge is 0.573 e. The molecule has 0 aliphatic carbocycles. The summed E-state index contributed by atoms with van der Waals surface area (Å²) in [5, 5.41) is 0. The number of ether oxygens (including phenoxy) is 1. The van der Waals surface area contributed by atoms with Gasteiger partial charge in [0, 0.05) is 0 Å². The van der Waals surface area contributed by atoms with E-state index < -0.39 is 6.36 Å². The van der Waals surface area contributed by atoms with Crippen LogP contribution in [0.2, 0.25) is 0 Å². The first kappa shape index (κ1) is 17.9. The maximum atomic E-state index is 12.4. The summed E-state index contributed by atoms with van der Waals surface area (Å²) in [6, 6.07) is 4.70. The minimum Gasteiger partial charge on any atom is -0.406 e. The lowest BCUT2D eigenvalue weighted by atomic mass is 9.82. The maximum Gasteiger partial charge on any atom is 0.573 e. The van der Waals surface area contributed by atoms with Crippen LogP contribution >= 0.6 is 0 Å². The molecule has 4 heteroatoms. The zero-order chi connectivity index (χ0) is 16.3. The molecule has 0 aromatic heterocycles. The fourth-order valence-corrected chi connectivity index (χ4v) is 2.31. The third-order valence-electron chi connectivity index (χ3n) is 3.72. The van der Waals surface area contributed by atoms with Crippen LogP contribution in [-0.4, -0.2) is 6.36 Å². The summed E-state index contributed by atoms with van der Waals surface area (Å²) < 4.78 is 41.1. The Kier molecular flexibility index (Phi) is 5.71. The molecule has 1 atom stereocenters. The van der Waals surface area contributed by atoms with Crippen LogP contribution in [0.4, 0.5) is 13.2 Å². The van der Waals surface area contributed by atoms with Crippen molar-refractivity contribution in [3.8, 4) is 5.75 Å². The lowest BCUT2D eigenvalue weighted by Crippen LogP contribution is -2.19. The van der Waals surface area contributed by atoms with Gasteiger partial charge in [-0.3, -0.25) is 0 Å². The monoisotopic (exact) mass is 302 g/mol. The molecule has 1 nitrogen and oxygen atoms in total. The first-order valence-corrected chi connectivity index (χ1v) is 7.42. The summed E-state index contributed by atoms with van der Waals surface area (Å²) in [6.45, 7) is 10.5. The molecule has 0 N–H and O–H groups in total. The van der Waals surface area contributed by atoms with Crippen molar-refractivity contribution in [1.82, 2.24) is 0 Å². The summed E-state index contributed by atoms with van der Waals surface area (Å²) in [4.78, 5) is 0. The van der Waals surface area contributed by atoms with Gasteiger partial charge in [0.05, 0.1) is 0 Å². The van der Waals surface area contributed by atoms with Crippen molar-refractivity contribution >= 4 is 0 Å². The normalized spacial score (nSPS) is 14.1. The Morgan fingerprint density at radius 1 is 1.14 bits per heavy atom. The number of benzene rings is 1. The van der Waals surface area contributed by atoms with Crippen LogP contribution in [0.1, 0.15) is 58.6 Å². The number of hydrogen-bond donors (Lipinski definition) is 0. The van der Waals surface area contributed by atoms with E-state index in [9.17, 15) is 13.2 Å². The van der Waals surface area contributed by atoms with Crippen LogP contribution in [0, 0.1) is 5.92 Å². The summed E-state index contributed by atoms with van der Waals surface area (Å²) in [5.74, 6) is 0.430. The van der Waals surface area contributed by atoms with Gasteiger partial charge in [-0.25, -0.2) is 0 Å². The number of rotatable bonds is 5. The zero-order valence-electron chi connectivity index (χ0n) is 13.5. The van der Waals surface area contributed by atoms with Gasteiger partial charge >= 0.3 is 6.36 Å². The smallest absolute Gasteiger partial charge is 0.406 e. The molecule has 0 aliphatic rings. The summed E-state index contributed by atoms with van der Waals surface area (Å²) in [5.41, 5.74) is 1.94. The number of hydrogen-bond acceptors (Lipinski definition) is 1. The molecular formula is C17H25F3O. The van der Waals surface area contributed by atoms with Gasteiger partial charge in [-0.15, -0.1) is 13.2 Å². The average molecular weight is 302 g/mol. The maximum absolute atomic E-state index is 12.4. The highest BCUT2D eigenvalue weighted by atomic mass is 19.4.